The Hall–Kier alpha value is -3.28. The van der Waals surface area contributed by atoms with Gasteiger partial charge in [-0.1, -0.05) is 49.4 Å². The number of hydrogen-bond acceptors (Lipinski definition) is 5. The largest absolute Gasteiger partial charge is 0.545 e. The Kier molecular flexibility index (Phi) is 4.70. The molecule has 0 bridgehead atoms. The standard InChI is InChI=1S/C19H17N3O3/c1-2-11-22-16-6-4-3-5-15(16)17(18(22)23)21-20-12-13-7-9-14(10-8-13)19(24)25/h3-10,12H,2,11H2,1H3,(H,24,25)/p-1/b20-12-,21-17+. The van der Waals surface area contributed by atoms with Gasteiger partial charge in [0.15, 0.2) is 5.71 Å². The van der Waals surface area contributed by atoms with E-state index in [1.807, 2.05) is 31.2 Å². The summed E-state index contributed by atoms with van der Waals surface area (Å²) in [7, 11) is 0. The lowest BCUT2D eigenvalue weighted by Crippen LogP contribution is -2.30. The van der Waals surface area contributed by atoms with Crippen molar-refractivity contribution in [3.8, 4) is 0 Å². The van der Waals surface area contributed by atoms with Crippen LogP contribution < -0.4 is 10.0 Å². The van der Waals surface area contributed by atoms with Crippen LogP contribution in [0.5, 0.6) is 0 Å². The number of nitrogens with zero attached hydrogens (tertiary/aromatic N) is 3. The second kappa shape index (κ2) is 7.09. The summed E-state index contributed by atoms with van der Waals surface area (Å²) in [5.74, 6) is -1.39. The maximum Gasteiger partial charge on any atom is 0.279 e. The van der Waals surface area contributed by atoms with Crippen molar-refractivity contribution in [2.75, 3.05) is 11.4 Å². The number of rotatable bonds is 5. The van der Waals surface area contributed by atoms with Crippen LogP contribution in [0.15, 0.2) is 58.7 Å². The summed E-state index contributed by atoms with van der Waals surface area (Å²) in [6, 6.07) is 13.6. The van der Waals surface area contributed by atoms with Gasteiger partial charge in [-0.05, 0) is 23.6 Å². The molecule has 2 aromatic rings. The fraction of sp³-hybridized carbons (Fsp3) is 0.158. The van der Waals surface area contributed by atoms with E-state index >= 15 is 0 Å². The van der Waals surface area contributed by atoms with Crippen LogP contribution in [0.25, 0.3) is 0 Å². The molecule has 6 nitrogen and oxygen atoms in total. The van der Waals surface area contributed by atoms with E-state index < -0.39 is 5.97 Å². The average Bonchev–Trinajstić information content (AvgIpc) is 2.88. The lowest BCUT2D eigenvalue weighted by molar-refractivity contribution is -0.255. The average molecular weight is 334 g/mol. The lowest BCUT2D eigenvalue weighted by Gasteiger charge is -2.14. The second-order valence-corrected chi connectivity index (χ2v) is 5.58. The van der Waals surface area contributed by atoms with Gasteiger partial charge in [-0.3, -0.25) is 4.79 Å². The molecular weight excluding hydrogens is 318 g/mol. The molecule has 1 aliphatic heterocycles. The molecule has 0 aliphatic carbocycles. The van der Waals surface area contributed by atoms with Crippen LogP contribution in [0, 0.1) is 0 Å². The number of carboxylic acid groups (broad SMARTS) is 1. The van der Waals surface area contributed by atoms with Gasteiger partial charge in [0.1, 0.15) is 0 Å². The summed E-state index contributed by atoms with van der Waals surface area (Å²) in [6.45, 7) is 2.64. The van der Waals surface area contributed by atoms with Crippen molar-refractivity contribution in [3.63, 3.8) is 0 Å². The third kappa shape index (κ3) is 3.33. The van der Waals surface area contributed by atoms with Crippen LogP contribution in [0.4, 0.5) is 5.69 Å². The van der Waals surface area contributed by atoms with Gasteiger partial charge in [-0.2, -0.15) is 5.10 Å². The number of benzene rings is 2. The highest BCUT2D eigenvalue weighted by Crippen LogP contribution is 2.29. The maximum absolute atomic E-state index is 12.6. The summed E-state index contributed by atoms with van der Waals surface area (Å²) < 4.78 is 0. The zero-order valence-corrected chi connectivity index (χ0v) is 13.7. The number of anilines is 1. The molecule has 1 amide bonds. The summed E-state index contributed by atoms with van der Waals surface area (Å²) in [5, 5.41) is 18.8. The minimum absolute atomic E-state index is 0.0959. The molecule has 0 aromatic heterocycles. The monoisotopic (exact) mass is 334 g/mol. The molecule has 3 rings (SSSR count). The molecule has 126 valence electrons. The fourth-order valence-electron chi connectivity index (χ4n) is 2.66. The Labute approximate surface area is 145 Å². The van der Waals surface area contributed by atoms with E-state index in [0.717, 1.165) is 17.7 Å². The normalized spacial score (nSPS) is 15.2. The molecule has 0 saturated carbocycles. The van der Waals surface area contributed by atoms with Gasteiger partial charge in [0.05, 0.1) is 17.9 Å². The number of amides is 1. The Bertz CT molecular complexity index is 870. The molecule has 0 radical (unpaired) electrons. The molecule has 1 heterocycles. The molecule has 2 aromatic carbocycles. The Morgan fingerprint density at radius 1 is 1.16 bits per heavy atom. The van der Waals surface area contributed by atoms with Gasteiger partial charge in [0, 0.05) is 12.1 Å². The molecule has 0 saturated heterocycles. The smallest absolute Gasteiger partial charge is 0.279 e. The molecule has 0 fully saturated rings. The zero-order chi connectivity index (χ0) is 17.8. The van der Waals surface area contributed by atoms with Gasteiger partial charge in [-0.15, -0.1) is 5.10 Å². The van der Waals surface area contributed by atoms with E-state index in [1.165, 1.54) is 18.3 Å². The number of carboxylic acids is 1. The number of aromatic carboxylic acids is 1. The van der Waals surface area contributed by atoms with Crippen molar-refractivity contribution < 1.29 is 14.7 Å². The predicted octanol–water partition coefficient (Wildman–Crippen LogP) is 1.63. The number of para-hydroxylation sites is 1. The summed E-state index contributed by atoms with van der Waals surface area (Å²) in [6.07, 6.45) is 2.33. The van der Waals surface area contributed by atoms with Crippen LogP contribution in [-0.2, 0) is 4.79 Å². The van der Waals surface area contributed by atoms with Crippen molar-refractivity contribution in [2.24, 2.45) is 10.2 Å². The van der Waals surface area contributed by atoms with Gasteiger partial charge in [-0.25, -0.2) is 0 Å². The predicted molar refractivity (Wildman–Crippen MR) is 94.0 cm³/mol. The van der Waals surface area contributed by atoms with E-state index in [2.05, 4.69) is 10.2 Å². The molecular formula is C19H16N3O3-. The third-order valence-corrected chi connectivity index (χ3v) is 3.86. The molecule has 0 spiro atoms. The first-order valence-electron chi connectivity index (χ1n) is 7.95. The number of carbonyl (C=O) groups is 2. The molecule has 1 aliphatic rings. The van der Waals surface area contributed by atoms with E-state index in [-0.39, 0.29) is 11.5 Å². The van der Waals surface area contributed by atoms with Crippen molar-refractivity contribution in [2.45, 2.75) is 13.3 Å². The highest BCUT2D eigenvalue weighted by molar-refractivity contribution is 6.54. The van der Waals surface area contributed by atoms with Crippen LogP contribution in [0.1, 0.15) is 34.8 Å². The van der Waals surface area contributed by atoms with Gasteiger partial charge in [0.2, 0.25) is 0 Å². The molecule has 0 unspecified atom stereocenters. The van der Waals surface area contributed by atoms with Crippen molar-refractivity contribution in [1.29, 1.82) is 0 Å². The Morgan fingerprint density at radius 2 is 1.88 bits per heavy atom. The highest BCUT2D eigenvalue weighted by atomic mass is 16.4. The van der Waals surface area contributed by atoms with Crippen molar-refractivity contribution in [1.82, 2.24) is 0 Å². The van der Waals surface area contributed by atoms with E-state index in [9.17, 15) is 14.7 Å². The topological polar surface area (TPSA) is 85.2 Å². The van der Waals surface area contributed by atoms with Crippen LogP contribution in [0.3, 0.4) is 0 Å². The number of fused-ring (bicyclic) bond motifs is 1. The van der Waals surface area contributed by atoms with Crippen molar-refractivity contribution in [3.05, 3.63) is 65.2 Å². The van der Waals surface area contributed by atoms with Crippen LogP contribution in [0.2, 0.25) is 0 Å². The van der Waals surface area contributed by atoms with E-state index in [4.69, 9.17) is 0 Å². The van der Waals surface area contributed by atoms with Crippen molar-refractivity contribution >= 4 is 29.5 Å². The summed E-state index contributed by atoms with van der Waals surface area (Å²) >= 11 is 0. The number of carbonyl (C=O) groups excluding carboxylic acids is 2. The molecule has 0 N–H and O–H groups in total. The second-order valence-electron chi connectivity index (χ2n) is 5.58. The Morgan fingerprint density at radius 3 is 2.56 bits per heavy atom. The summed E-state index contributed by atoms with van der Waals surface area (Å²) in [4.78, 5) is 25.0. The van der Waals surface area contributed by atoms with E-state index in [0.29, 0.717) is 17.8 Å². The molecule has 0 atom stereocenters. The summed E-state index contributed by atoms with van der Waals surface area (Å²) in [5.41, 5.74) is 2.70. The maximum atomic E-state index is 12.6. The molecule has 6 heteroatoms. The fourth-order valence-corrected chi connectivity index (χ4v) is 2.66. The first kappa shape index (κ1) is 16.6. The third-order valence-electron chi connectivity index (χ3n) is 3.86. The SMILES string of the molecule is CCCN1C(=O)/C(=N/N=C\c2ccc(C(=O)[O-])cc2)c2ccccc21. The first-order valence-corrected chi connectivity index (χ1v) is 7.95. The first-order chi connectivity index (χ1) is 12.1. The zero-order valence-electron chi connectivity index (χ0n) is 13.7. The van der Waals surface area contributed by atoms with Gasteiger partial charge in [0.25, 0.3) is 5.91 Å². The van der Waals surface area contributed by atoms with E-state index in [1.54, 1.807) is 17.0 Å². The quantitative estimate of drug-likeness (QED) is 0.615. The van der Waals surface area contributed by atoms with Crippen LogP contribution >= 0.6 is 0 Å². The van der Waals surface area contributed by atoms with Crippen LogP contribution in [-0.4, -0.2) is 30.3 Å². The Balaban J connectivity index is 1.85. The molecule has 25 heavy (non-hydrogen) atoms. The van der Waals surface area contributed by atoms with Gasteiger partial charge < -0.3 is 14.8 Å². The highest BCUT2D eigenvalue weighted by Gasteiger charge is 2.33. The lowest BCUT2D eigenvalue weighted by atomic mass is 10.1. The van der Waals surface area contributed by atoms with Gasteiger partial charge >= 0.3 is 0 Å². The minimum atomic E-state index is -1.23. The number of hydrogen-bond donors (Lipinski definition) is 0. The minimum Gasteiger partial charge on any atom is -0.545 e.